The van der Waals surface area contributed by atoms with E-state index < -0.39 is 0 Å². The maximum Gasteiger partial charge on any atom is 0.224 e. The fraction of sp³-hybridized carbons (Fsp3) is 0.938. The highest BCUT2D eigenvalue weighted by Gasteiger charge is 2.39. The predicted molar refractivity (Wildman–Crippen MR) is 76.9 cm³/mol. The van der Waals surface area contributed by atoms with E-state index in [-0.39, 0.29) is 0 Å². The van der Waals surface area contributed by atoms with Crippen LogP contribution in [-0.2, 0) is 4.79 Å². The van der Waals surface area contributed by atoms with Gasteiger partial charge in [0.15, 0.2) is 0 Å². The van der Waals surface area contributed by atoms with Crippen molar-refractivity contribution in [1.29, 1.82) is 0 Å². The number of fused-ring (bicyclic) bond motifs is 1. The van der Waals surface area contributed by atoms with Gasteiger partial charge in [0.2, 0.25) is 5.91 Å². The van der Waals surface area contributed by atoms with Gasteiger partial charge in [0.05, 0.1) is 0 Å². The number of nitrogens with zero attached hydrogens (tertiary/aromatic N) is 1. The van der Waals surface area contributed by atoms with Crippen molar-refractivity contribution >= 4 is 5.91 Å². The van der Waals surface area contributed by atoms with Crippen LogP contribution in [0.1, 0.15) is 58.3 Å². The van der Waals surface area contributed by atoms with Gasteiger partial charge in [-0.2, -0.15) is 0 Å². The monoisotopic (exact) mass is 264 g/mol. The molecule has 108 valence electrons. The van der Waals surface area contributed by atoms with Gasteiger partial charge in [-0.1, -0.05) is 19.8 Å². The molecule has 2 heterocycles. The average molecular weight is 264 g/mol. The van der Waals surface area contributed by atoms with Crippen LogP contribution < -0.4 is 5.32 Å². The summed E-state index contributed by atoms with van der Waals surface area (Å²) in [4.78, 5) is 14.9. The Morgan fingerprint density at radius 2 is 2.00 bits per heavy atom. The first kappa shape index (κ1) is 13.4. The maximum absolute atomic E-state index is 12.6. The molecule has 3 rings (SSSR count). The molecule has 19 heavy (non-hydrogen) atoms. The molecular weight excluding hydrogens is 236 g/mol. The molecule has 1 saturated carbocycles. The molecule has 1 aliphatic carbocycles. The van der Waals surface area contributed by atoms with E-state index in [1.54, 1.807) is 0 Å². The van der Waals surface area contributed by atoms with Crippen LogP contribution in [0.4, 0.5) is 0 Å². The SMILES string of the molecule is CC1CCN(C(=O)CC2CCCN2)C2CCCCC12. The molecule has 4 unspecified atom stereocenters. The Kier molecular flexibility index (Phi) is 4.11. The summed E-state index contributed by atoms with van der Waals surface area (Å²) in [6, 6.07) is 1.01. The van der Waals surface area contributed by atoms with Gasteiger partial charge < -0.3 is 10.2 Å². The van der Waals surface area contributed by atoms with Crippen molar-refractivity contribution in [3.8, 4) is 0 Å². The number of nitrogens with one attached hydrogen (secondary N) is 1. The number of hydrogen-bond donors (Lipinski definition) is 1. The Balaban J connectivity index is 1.63. The lowest BCUT2D eigenvalue weighted by atomic mass is 9.72. The normalized spacial score (nSPS) is 39.1. The number of rotatable bonds is 2. The van der Waals surface area contributed by atoms with Crippen molar-refractivity contribution in [2.45, 2.75) is 70.4 Å². The molecule has 0 aromatic rings. The van der Waals surface area contributed by atoms with Crippen molar-refractivity contribution < 1.29 is 4.79 Å². The minimum atomic E-state index is 0.420. The number of hydrogen-bond acceptors (Lipinski definition) is 2. The van der Waals surface area contributed by atoms with E-state index in [1.165, 1.54) is 44.9 Å². The minimum absolute atomic E-state index is 0.420. The summed E-state index contributed by atoms with van der Waals surface area (Å²) in [7, 11) is 0. The van der Waals surface area contributed by atoms with Gasteiger partial charge in [0.25, 0.3) is 0 Å². The van der Waals surface area contributed by atoms with Gasteiger partial charge in [-0.15, -0.1) is 0 Å². The topological polar surface area (TPSA) is 32.3 Å². The Morgan fingerprint density at radius 3 is 2.79 bits per heavy atom. The molecule has 0 spiro atoms. The highest BCUT2D eigenvalue weighted by molar-refractivity contribution is 5.77. The Bertz CT molecular complexity index is 325. The largest absolute Gasteiger partial charge is 0.339 e. The molecule has 1 amide bonds. The van der Waals surface area contributed by atoms with E-state index in [0.717, 1.165) is 31.3 Å². The van der Waals surface area contributed by atoms with Gasteiger partial charge >= 0.3 is 0 Å². The van der Waals surface area contributed by atoms with E-state index in [1.807, 2.05) is 0 Å². The first-order valence-electron chi connectivity index (χ1n) is 8.28. The van der Waals surface area contributed by atoms with Crippen molar-refractivity contribution in [3.63, 3.8) is 0 Å². The summed E-state index contributed by atoms with van der Waals surface area (Å²) >= 11 is 0. The fourth-order valence-electron chi connectivity index (χ4n) is 4.48. The number of likely N-dealkylation sites (tertiary alicyclic amines) is 1. The first-order chi connectivity index (χ1) is 9.25. The standard InChI is InChI=1S/C16H28N2O/c1-12-8-10-18(15-7-3-2-6-14(12)15)16(19)11-13-5-4-9-17-13/h12-15,17H,2-11H2,1H3. The van der Waals surface area contributed by atoms with E-state index >= 15 is 0 Å². The van der Waals surface area contributed by atoms with Crippen LogP contribution in [0.15, 0.2) is 0 Å². The molecule has 1 N–H and O–H groups in total. The van der Waals surface area contributed by atoms with E-state index in [0.29, 0.717) is 18.0 Å². The molecule has 3 nitrogen and oxygen atoms in total. The second-order valence-electron chi connectivity index (χ2n) is 6.87. The molecule has 2 saturated heterocycles. The van der Waals surface area contributed by atoms with Crippen LogP contribution in [0.5, 0.6) is 0 Å². The summed E-state index contributed by atoms with van der Waals surface area (Å²) in [6.45, 7) is 4.50. The Morgan fingerprint density at radius 1 is 1.16 bits per heavy atom. The van der Waals surface area contributed by atoms with Gasteiger partial charge in [-0.3, -0.25) is 4.79 Å². The Labute approximate surface area is 117 Å². The summed E-state index contributed by atoms with van der Waals surface area (Å²) in [5.74, 6) is 2.02. The van der Waals surface area contributed by atoms with Crippen LogP contribution in [0.3, 0.4) is 0 Å². The number of piperidine rings is 1. The second kappa shape index (κ2) is 5.82. The molecule has 3 aliphatic rings. The zero-order chi connectivity index (χ0) is 13.2. The molecule has 3 heteroatoms. The summed E-state index contributed by atoms with van der Waals surface area (Å²) in [5.41, 5.74) is 0. The van der Waals surface area contributed by atoms with Gasteiger partial charge in [-0.25, -0.2) is 0 Å². The molecular formula is C16H28N2O. The third-order valence-corrected chi connectivity index (χ3v) is 5.64. The highest BCUT2D eigenvalue weighted by Crippen LogP contribution is 2.39. The predicted octanol–water partition coefficient (Wildman–Crippen LogP) is 2.56. The quantitative estimate of drug-likeness (QED) is 0.831. The maximum atomic E-state index is 12.6. The molecule has 3 fully saturated rings. The lowest BCUT2D eigenvalue weighted by Crippen LogP contribution is -2.53. The van der Waals surface area contributed by atoms with Crippen molar-refractivity contribution in [3.05, 3.63) is 0 Å². The first-order valence-corrected chi connectivity index (χ1v) is 8.28. The molecule has 0 aromatic carbocycles. The van der Waals surface area contributed by atoms with Crippen LogP contribution in [0.25, 0.3) is 0 Å². The zero-order valence-corrected chi connectivity index (χ0v) is 12.2. The summed E-state index contributed by atoms with van der Waals surface area (Å²) in [6.07, 6.45) is 9.65. The summed E-state index contributed by atoms with van der Waals surface area (Å²) in [5, 5.41) is 3.46. The lowest BCUT2D eigenvalue weighted by Gasteiger charge is -2.47. The lowest BCUT2D eigenvalue weighted by molar-refractivity contribution is -0.139. The van der Waals surface area contributed by atoms with E-state index in [2.05, 4.69) is 17.1 Å². The zero-order valence-electron chi connectivity index (χ0n) is 12.2. The molecule has 0 bridgehead atoms. The smallest absolute Gasteiger partial charge is 0.224 e. The number of amides is 1. The molecule has 0 aromatic heterocycles. The Hall–Kier alpha value is -0.570. The highest BCUT2D eigenvalue weighted by atomic mass is 16.2. The number of carbonyl (C=O) groups is 1. The third-order valence-electron chi connectivity index (χ3n) is 5.64. The summed E-state index contributed by atoms with van der Waals surface area (Å²) < 4.78 is 0. The van der Waals surface area contributed by atoms with Gasteiger partial charge in [0, 0.05) is 25.0 Å². The van der Waals surface area contributed by atoms with Gasteiger partial charge in [0.1, 0.15) is 0 Å². The van der Waals surface area contributed by atoms with Gasteiger partial charge in [-0.05, 0) is 50.5 Å². The average Bonchev–Trinajstić information content (AvgIpc) is 2.92. The van der Waals surface area contributed by atoms with Crippen LogP contribution in [0, 0.1) is 11.8 Å². The van der Waals surface area contributed by atoms with E-state index in [4.69, 9.17) is 0 Å². The van der Waals surface area contributed by atoms with Crippen molar-refractivity contribution in [1.82, 2.24) is 10.2 Å². The third kappa shape index (κ3) is 2.81. The van der Waals surface area contributed by atoms with Crippen LogP contribution in [0.2, 0.25) is 0 Å². The molecule has 4 atom stereocenters. The molecule has 0 radical (unpaired) electrons. The second-order valence-corrected chi connectivity index (χ2v) is 6.87. The molecule has 2 aliphatic heterocycles. The van der Waals surface area contributed by atoms with Crippen molar-refractivity contribution in [2.24, 2.45) is 11.8 Å². The van der Waals surface area contributed by atoms with Crippen molar-refractivity contribution in [2.75, 3.05) is 13.1 Å². The minimum Gasteiger partial charge on any atom is -0.339 e. The fourth-order valence-corrected chi connectivity index (χ4v) is 4.48. The number of carbonyl (C=O) groups excluding carboxylic acids is 1. The van der Waals surface area contributed by atoms with E-state index in [9.17, 15) is 4.79 Å². The van der Waals surface area contributed by atoms with Crippen LogP contribution in [-0.4, -0.2) is 36.0 Å². The van der Waals surface area contributed by atoms with Crippen LogP contribution >= 0.6 is 0 Å².